The number of methoxy groups -OCH3 is 1. The number of aliphatic hydroxyl groups excluding tert-OH is 1. The van der Waals surface area contributed by atoms with E-state index in [-0.39, 0.29) is 18.1 Å². The lowest BCUT2D eigenvalue weighted by atomic mass is 9.72. The molecule has 0 radical (unpaired) electrons. The predicted octanol–water partition coefficient (Wildman–Crippen LogP) is 3.19. The van der Waals surface area contributed by atoms with Crippen LogP contribution < -0.4 is 15.4 Å². The highest BCUT2D eigenvalue weighted by Crippen LogP contribution is 2.39. The molecule has 6 heteroatoms. The average Bonchev–Trinajstić information content (AvgIpc) is 2.73. The van der Waals surface area contributed by atoms with Gasteiger partial charge in [0.1, 0.15) is 5.75 Å². The Morgan fingerprint density at radius 2 is 1.86 bits per heavy atom. The maximum absolute atomic E-state index is 9.56. The van der Waals surface area contributed by atoms with Crippen molar-refractivity contribution in [2.45, 2.75) is 51.5 Å². The molecule has 1 fully saturated rings. The molecular weight excluding hydrogens is 364 g/mol. The first-order valence-corrected chi connectivity index (χ1v) is 11.0. The van der Waals surface area contributed by atoms with Crippen LogP contribution in [0, 0.1) is 5.41 Å². The number of aliphatic imine (C=N–C) groups is 1. The summed E-state index contributed by atoms with van der Waals surface area (Å²) in [5, 5.41) is 16.5. The second-order valence-corrected chi connectivity index (χ2v) is 8.36. The number of hydrogen-bond donors (Lipinski definition) is 3. The molecule has 1 unspecified atom stereocenters. The van der Waals surface area contributed by atoms with Gasteiger partial charge in [-0.1, -0.05) is 31.4 Å². The normalized spacial score (nSPS) is 17.8. The second kappa shape index (κ2) is 12.0. The van der Waals surface area contributed by atoms with Gasteiger partial charge in [0.15, 0.2) is 5.96 Å². The molecule has 0 heterocycles. The molecule has 0 bridgehead atoms. The average molecular weight is 405 g/mol. The fourth-order valence-electron chi connectivity index (χ4n) is 4.23. The van der Waals surface area contributed by atoms with Crippen LogP contribution in [0.5, 0.6) is 5.75 Å². The zero-order valence-corrected chi connectivity index (χ0v) is 18.7. The Hall–Kier alpha value is -1.79. The molecule has 1 saturated carbocycles. The van der Waals surface area contributed by atoms with Crippen molar-refractivity contribution in [1.82, 2.24) is 15.5 Å². The molecular formula is C23H40N4O2. The molecule has 3 N–H and O–H groups in total. The third kappa shape index (κ3) is 7.19. The summed E-state index contributed by atoms with van der Waals surface area (Å²) in [6.45, 7) is 4.71. The Bertz CT molecular complexity index is 604. The Kier molecular flexibility index (Phi) is 9.74. The molecule has 0 spiro atoms. The van der Waals surface area contributed by atoms with Crippen LogP contribution in [-0.2, 0) is 0 Å². The smallest absolute Gasteiger partial charge is 0.191 e. The van der Waals surface area contributed by atoms with Crippen LogP contribution in [0.3, 0.4) is 0 Å². The van der Waals surface area contributed by atoms with Gasteiger partial charge >= 0.3 is 0 Å². The third-order valence-electron chi connectivity index (χ3n) is 6.06. The largest absolute Gasteiger partial charge is 0.497 e. The summed E-state index contributed by atoms with van der Waals surface area (Å²) in [5.74, 6) is 1.73. The predicted molar refractivity (Wildman–Crippen MR) is 121 cm³/mol. The molecule has 1 aliphatic rings. The van der Waals surface area contributed by atoms with Crippen molar-refractivity contribution in [3.63, 3.8) is 0 Å². The Morgan fingerprint density at radius 1 is 1.17 bits per heavy atom. The number of ether oxygens (including phenoxy) is 1. The summed E-state index contributed by atoms with van der Waals surface area (Å²) in [6.07, 6.45) is 6.99. The van der Waals surface area contributed by atoms with E-state index >= 15 is 0 Å². The molecule has 0 saturated heterocycles. The van der Waals surface area contributed by atoms with Gasteiger partial charge in [-0.15, -0.1) is 0 Å². The van der Waals surface area contributed by atoms with E-state index in [1.54, 1.807) is 7.11 Å². The molecule has 164 valence electrons. The Balaban J connectivity index is 2.05. The number of rotatable bonds is 10. The van der Waals surface area contributed by atoms with E-state index in [9.17, 15) is 5.11 Å². The lowest BCUT2D eigenvalue weighted by Crippen LogP contribution is -2.42. The molecule has 0 aromatic heterocycles. The first kappa shape index (κ1) is 23.5. The number of hydrogen-bond acceptors (Lipinski definition) is 4. The van der Waals surface area contributed by atoms with Crippen molar-refractivity contribution in [2.75, 3.05) is 47.4 Å². The highest BCUT2D eigenvalue weighted by Gasteiger charge is 2.31. The van der Waals surface area contributed by atoms with Crippen molar-refractivity contribution in [3.8, 4) is 5.75 Å². The zero-order chi connectivity index (χ0) is 21.1. The summed E-state index contributed by atoms with van der Waals surface area (Å²) < 4.78 is 5.28. The molecule has 6 nitrogen and oxygen atoms in total. The minimum Gasteiger partial charge on any atom is -0.497 e. The van der Waals surface area contributed by atoms with Crippen LogP contribution in [0.15, 0.2) is 29.3 Å². The number of nitrogens with one attached hydrogen (secondary N) is 2. The highest BCUT2D eigenvalue weighted by molar-refractivity contribution is 5.79. The quantitative estimate of drug-likeness (QED) is 0.413. The first-order chi connectivity index (χ1) is 14.0. The van der Waals surface area contributed by atoms with Gasteiger partial charge in [-0.3, -0.25) is 4.99 Å². The van der Waals surface area contributed by atoms with E-state index in [1.807, 2.05) is 12.1 Å². The topological polar surface area (TPSA) is 69.1 Å². The molecule has 1 atom stereocenters. The summed E-state index contributed by atoms with van der Waals surface area (Å²) in [6, 6.07) is 8.48. The van der Waals surface area contributed by atoms with Gasteiger partial charge in [0.25, 0.3) is 0 Å². The van der Waals surface area contributed by atoms with Crippen molar-refractivity contribution in [2.24, 2.45) is 10.4 Å². The van der Waals surface area contributed by atoms with Gasteiger partial charge in [-0.25, -0.2) is 0 Å². The lowest BCUT2D eigenvalue weighted by Gasteiger charge is -2.36. The van der Waals surface area contributed by atoms with Gasteiger partial charge in [-0.2, -0.15) is 0 Å². The first-order valence-electron chi connectivity index (χ1n) is 11.0. The zero-order valence-electron chi connectivity index (χ0n) is 18.7. The summed E-state index contributed by atoms with van der Waals surface area (Å²) in [5.41, 5.74) is 1.40. The van der Waals surface area contributed by atoms with E-state index < -0.39 is 0 Å². The minimum atomic E-state index is 0.159. The molecule has 0 aliphatic heterocycles. The number of aliphatic hydroxyl groups is 1. The van der Waals surface area contributed by atoms with Gasteiger partial charge in [0.05, 0.1) is 13.2 Å². The van der Waals surface area contributed by atoms with E-state index in [4.69, 9.17) is 9.73 Å². The van der Waals surface area contributed by atoms with Gasteiger partial charge < -0.3 is 25.4 Å². The van der Waals surface area contributed by atoms with Crippen molar-refractivity contribution in [3.05, 3.63) is 29.8 Å². The summed E-state index contributed by atoms with van der Waals surface area (Å²) in [4.78, 5) is 7.14. The Morgan fingerprint density at radius 3 is 2.41 bits per heavy atom. The maximum atomic E-state index is 9.56. The van der Waals surface area contributed by atoms with Crippen molar-refractivity contribution < 1.29 is 9.84 Å². The van der Waals surface area contributed by atoms with Crippen LogP contribution in [0.4, 0.5) is 0 Å². The summed E-state index contributed by atoms with van der Waals surface area (Å²) >= 11 is 0. The molecule has 1 aromatic carbocycles. The molecule has 2 rings (SSSR count). The minimum absolute atomic E-state index is 0.159. The molecule has 29 heavy (non-hydrogen) atoms. The van der Waals surface area contributed by atoms with Crippen LogP contribution in [-0.4, -0.2) is 63.4 Å². The summed E-state index contributed by atoms with van der Waals surface area (Å²) in [7, 11) is 5.88. The van der Waals surface area contributed by atoms with Crippen molar-refractivity contribution in [1.29, 1.82) is 0 Å². The fraction of sp³-hybridized carbons (Fsp3) is 0.696. The number of benzene rings is 1. The molecule has 1 aliphatic carbocycles. The standard InChI is InChI=1S/C23H40N4O2/c1-5-24-22(26-18-23(15-16-28)13-7-6-8-14-23)25-17-21(27(2)3)19-9-11-20(29-4)12-10-19/h9-12,21,28H,5-8,13-18H2,1-4H3,(H2,24,25,26). The number of guanidine groups is 1. The van der Waals surface area contributed by atoms with Crippen LogP contribution in [0.2, 0.25) is 0 Å². The van der Waals surface area contributed by atoms with Gasteiger partial charge in [-0.05, 0) is 63.4 Å². The van der Waals surface area contributed by atoms with E-state index in [1.165, 1.54) is 37.7 Å². The van der Waals surface area contributed by atoms with Gasteiger partial charge in [0.2, 0.25) is 0 Å². The lowest BCUT2D eigenvalue weighted by molar-refractivity contribution is 0.137. The Labute approximate surface area is 176 Å². The molecule has 1 aromatic rings. The fourth-order valence-corrected chi connectivity index (χ4v) is 4.23. The second-order valence-electron chi connectivity index (χ2n) is 8.36. The van der Waals surface area contributed by atoms with E-state index in [0.717, 1.165) is 37.8 Å². The van der Waals surface area contributed by atoms with Crippen molar-refractivity contribution >= 4 is 5.96 Å². The van der Waals surface area contributed by atoms with Gasteiger partial charge in [0, 0.05) is 26.2 Å². The number of likely N-dealkylation sites (N-methyl/N-ethyl adjacent to an activating group) is 1. The molecule has 0 amide bonds. The van der Waals surface area contributed by atoms with E-state index in [2.05, 4.69) is 48.7 Å². The van der Waals surface area contributed by atoms with Crippen LogP contribution in [0.1, 0.15) is 57.1 Å². The van der Waals surface area contributed by atoms with E-state index in [0.29, 0.717) is 0 Å². The number of nitrogens with zero attached hydrogens (tertiary/aromatic N) is 2. The maximum Gasteiger partial charge on any atom is 0.191 e. The SMILES string of the molecule is CCNC(=NCC1(CCO)CCCCC1)NCC(c1ccc(OC)cc1)N(C)C. The monoisotopic (exact) mass is 404 g/mol. The third-order valence-corrected chi connectivity index (χ3v) is 6.06. The van der Waals surface area contributed by atoms with Crippen LogP contribution >= 0.6 is 0 Å². The van der Waals surface area contributed by atoms with Crippen LogP contribution in [0.25, 0.3) is 0 Å². The highest BCUT2D eigenvalue weighted by atomic mass is 16.5.